The lowest BCUT2D eigenvalue weighted by atomic mass is 9.91. The lowest BCUT2D eigenvalue weighted by molar-refractivity contribution is -0.155. The molecule has 0 saturated carbocycles. The van der Waals surface area contributed by atoms with Crippen molar-refractivity contribution in [2.24, 2.45) is 5.41 Å². The third-order valence-electron chi connectivity index (χ3n) is 2.92. The Labute approximate surface area is 108 Å². The van der Waals surface area contributed by atoms with E-state index in [9.17, 15) is 9.59 Å². The van der Waals surface area contributed by atoms with Crippen LogP contribution >= 0.6 is 0 Å². The van der Waals surface area contributed by atoms with Crippen LogP contribution in [0, 0.1) is 12.3 Å². The molecule has 0 saturated heterocycles. The van der Waals surface area contributed by atoms with Crippen LogP contribution in [0.5, 0.6) is 0 Å². The Morgan fingerprint density at radius 1 is 1.28 bits per heavy atom. The summed E-state index contributed by atoms with van der Waals surface area (Å²) >= 11 is 0. The first-order valence-corrected chi connectivity index (χ1v) is 5.74. The second-order valence-corrected chi connectivity index (χ2v) is 4.82. The molecule has 0 bridgehead atoms. The molecule has 18 heavy (non-hydrogen) atoms. The molecule has 4 heteroatoms. The van der Waals surface area contributed by atoms with Crippen LogP contribution < -0.4 is 4.90 Å². The monoisotopic (exact) mass is 249 g/mol. The van der Waals surface area contributed by atoms with Crippen LogP contribution in [0.25, 0.3) is 0 Å². The fourth-order valence-electron chi connectivity index (χ4n) is 1.72. The molecule has 1 amide bonds. The molecule has 0 spiro atoms. The summed E-state index contributed by atoms with van der Waals surface area (Å²) in [5, 5.41) is 0. The predicted octanol–water partition coefficient (Wildman–Crippen LogP) is 2.16. The summed E-state index contributed by atoms with van der Waals surface area (Å²) in [5.74, 6) is -0.827. The summed E-state index contributed by atoms with van der Waals surface area (Å²) in [6.07, 6.45) is 0. The van der Waals surface area contributed by atoms with Gasteiger partial charge in [-0.25, -0.2) is 0 Å². The standard InChI is InChI=1S/C14H19NO3/c1-10-7-6-8-11(9-10)15(4)12(16)14(2,3)13(17)18-5/h6-9H,1-5H3. The topological polar surface area (TPSA) is 46.6 Å². The average Bonchev–Trinajstić information content (AvgIpc) is 2.35. The Hall–Kier alpha value is -1.84. The van der Waals surface area contributed by atoms with E-state index < -0.39 is 11.4 Å². The molecule has 0 atom stereocenters. The van der Waals surface area contributed by atoms with Crippen LogP contribution in [-0.4, -0.2) is 26.0 Å². The molecule has 1 rings (SSSR count). The molecule has 0 N–H and O–H groups in total. The van der Waals surface area contributed by atoms with Crippen molar-refractivity contribution in [2.75, 3.05) is 19.1 Å². The Balaban J connectivity index is 3.01. The van der Waals surface area contributed by atoms with Crippen LogP contribution in [0.3, 0.4) is 0 Å². The highest BCUT2D eigenvalue weighted by atomic mass is 16.5. The molecule has 0 unspecified atom stereocenters. The second kappa shape index (κ2) is 5.21. The zero-order valence-corrected chi connectivity index (χ0v) is 11.5. The Bertz CT molecular complexity index is 466. The summed E-state index contributed by atoms with van der Waals surface area (Å²) in [6, 6.07) is 7.55. The number of carbonyl (C=O) groups is 2. The van der Waals surface area contributed by atoms with Gasteiger partial charge in [-0.05, 0) is 38.5 Å². The number of anilines is 1. The van der Waals surface area contributed by atoms with E-state index in [1.165, 1.54) is 12.0 Å². The molecular weight excluding hydrogens is 230 g/mol. The zero-order chi connectivity index (χ0) is 13.9. The molecule has 1 aromatic carbocycles. The van der Waals surface area contributed by atoms with E-state index in [1.54, 1.807) is 20.9 Å². The Morgan fingerprint density at radius 2 is 1.89 bits per heavy atom. The van der Waals surface area contributed by atoms with Crippen molar-refractivity contribution >= 4 is 17.6 Å². The second-order valence-electron chi connectivity index (χ2n) is 4.82. The van der Waals surface area contributed by atoms with Gasteiger partial charge in [0.25, 0.3) is 0 Å². The highest BCUT2D eigenvalue weighted by Gasteiger charge is 2.39. The average molecular weight is 249 g/mol. The maximum Gasteiger partial charge on any atom is 0.320 e. The summed E-state index contributed by atoms with van der Waals surface area (Å²) in [5.41, 5.74) is 0.632. The molecule has 98 valence electrons. The van der Waals surface area contributed by atoms with Crippen molar-refractivity contribution in [3.63, 3.8) is 0 Å². The highest BCUT2D eigenvalue weighted by Crippen LogP contribution is 2.24. The SMILES string of the molecule is COC(=O)C(C)(C)C(=O)N(C)c1cccc(C)c1. The van der Waals surface area contributed by atoms with Crippen molar-refractivity contribution < 1.29 is 14.3 Å². The molecule has 0 fully saturated rings. The van der Waals surface area contributed by atoms with Crippen molar-refractivity contribution in [1.29, 1.82) is 0 Å². The van der Waals surface area contributed by atoms with E-state index in [-0.39, 0.29) is 5.91 Å². The molecule has 0 radical (unpaired) electrons. The number of esters is 1. The first-order valence-electron chi connectivity index (χ1n) is 5.74. The maximum absolute atomic E-state index is 12.3. The van der Waals surface area contributed by atoms with Gasteiger partial charge in [0.2, 0.25) is 5.91 Å². The van der Waals surface area contributed by atoms with Crippen LogP contribution in [-0.2, 0) is 14.3 Å². The summed E-state index contributed by atoms with van der Waals surface area (Å²) < 4.78 is 4.66. The molecule has 0 aromatic heterocycles. The number of hydrogen-bond acceptors (Lipinski definition) is 3. The van der Waals surface area contributed by atoms with Gasteiger partial charge in [-0.3, -0.25) is 9.59 Å². The number of ether oxygens (including phenoxy) is 1. The number of methoxy groups -OCH3 is 1. The van der Waals surface area contributed by atoms with Crippen molar-refractivity contribution in [1.82, 2.24) is 0 Å². The largest absolute Gasteiger partial charge is 0.468 e. The van der Waals surface area contributed by atoms with E-state index in [4.69, 9.17) is 0 Å². The predicted molar refractivity (Wildman–Crippen MR) is 70.4 cm³/mol. The van der Waals surface area contributed by atoms with E-state index in [2.05, 4.69) is 4.74 Å². The molecule has 1 aromatic rings. The van der Waals surface area contributed by atoms with Gasteiger partial charge in [0, 0.05) is 12.7 Å². The number of amides is 1. The normalized spacial score (nSPS) is 10.9. The third-order valence-corrected chi connectivity index (χ3v) is 2.92. The minimum atomic E-state index is -1.19. The van der Waals surface area contributed by atoms with Gasteiger partial charge in [-0.2, -0.15) is 0 Å². The van der Waals surface area contributed by atoms with E-state index in [1.807, 2.05) is 31.2 Å². The van der Waals surface area contributed by atoms with Gasteiger partial charge >= 0.3 is 5.97 Å². The van der Waals surface area contributed by atoms with Crippen molar-refractivity contribution in [2.45, 2.75) is 20.8 Å². The third kappa shape index (κ3) is 2.70. The van der Waals surface area contributed by atoms with Crippen molar-refractivity contribution in [3.8, 4) is 0 Å². The number of nitrogens with zero attached hydrogens (tertiary/aromatic N) is 1. The molecular formula is C14H19NO3. The summed E-state index contributed by atoms with van der Waals surface area (Å²) in [4.78, 5) is 25.4. The highest BCUT2D eigenvalue weighted by molar-refractivity contribution is 6.09. The number of hydrogen-bond donors (Lipinski definition) is 0. The minimum Gasteiger partial charge on any atom is -0.468 e. The Kier molecular flexibility index (Phi) is 4.11. The van der Waals surface area contributed by atoms with E-state index >= 15 is 0 Å². The van der Waals surface area contributed by atoms with E-state index in [0.717, 1.165) is 11.3 Å². The number of carbonyl (C=O) groups excluding carboxylic acids is 2. The fourth-order valence-corrected chi connectivity index (χ4v) is 1.72. The molecule has 0 aliphatic carbocycles. The van der Waals surface area contributed by atoms with Crippen LogP contribution in [0.1, 0.15) is 19.4 Å². The molecule has 0 heterocycles. The van der Waals surface area contributed by atoms with Crippen LogP contribution in [0.2, 0.25) is 0 Å². The number of aryl methyl sites for hydroxylation is 1. The maximum atomic E-state index is 12.3. The summed E-state index contributed by atoms with van der Waals surface area (Å²) in [6.45, 7) is 5.08. The Morgan fingerprint density at radius 3 is 2.39 bits per heavy atom. The minimum absolute atomic E-state index is 0.292. The van der Waals surface area contributed by atoms with Gasteiger partial charge in [0.1, 0.15) is 5.41 Å². The van der Waals surface area contributed by atoms with Gasteiger partial charge in [0.05, 0.1) is 7.11 Å². The lowest BCUT2D eigenvalue weighted by Gasteiger charge is -2.27. The zero-order valence-electron chi connectivity index (χ0n) is 11.5. The van der Waals surface area contributed by atoms with Crippen LogP contribution in [0.4, 0.5) is 5.69 Å². The van der Waals surface area contributed by atoms with Gasteiger partial charge in [-0.15, -0.1) is 0 Å². The number of benzene rings is 1. The van der Waals surface area contributed by atoms with Gasteiger partial charge in [-0.1, -0.05) is 12.1 Å². The fraction of sp³-hybridized carbons (Fsp3) is 0.429. The van der Waals surface area contributed by atoms with Gasteiger partial charge in [0.15, 0.2) is 0 Å². The van der Waals surface area contributed by atoms with E-state index in [0.29, 0.717) is 0 Å². The van der Waals surface area contributed by atoms with Crippen molar-refractivity contribution in [3.05, 3.63) is 29.8 Å². The smallest absolute Gasteiger partial charge is 0.320 e. The molecule has 0 aliphatic rings. The van der Waals surface area contributed by atoms with Crippen LogP contribution in [0.15, 0.2) is 24.3 Å². The number of rotatable bonds is 3. The first-order chi connectivity index (χ1) is 8.30. The lowest BCUT2D eigenvalue weighted by Crippen LogP contribution is -2.44. The first kappa shape index (κ1) is 14.2. The quantitative estimate of drug-likeness (QED) is 0.609. The molecule has 4 nitrogen and oxygen atoms in total. The molecule has 0 aliphatic heterocycles. The van der Waals surface area contributed by atoms with Gasteiger partial charge < -0.3 is 9.64 Å². The summed E-state index contributed by atoms with van der Waals surface area (Å²) in [7, 11) is 2.94.